The zero-order valence-electron chi connectivity index (χ0n) is 12.7. The van der Waals surface area contributed by atoms with E-state index in [-0.39, 0.29) is 23.4 Å². The van der Waals surface area contributed by atoms with Gasteiger partial charge in [-0.25, -0.2) is 17.1 Å². The molecular formula is C16H22FNO3S. The van der Waals surface area contributed by atoms with Gasteiger partial charge in [0.05, 0.1) is 11.4 Å². The maximum atomic E-state index is 13.5. The molecule has 2 aliphatic rings. The second-order valence-electron chi connectivity index (χ2n) is 6.41. The summed E-state index contributed by atoms with van der Waals surface area (Å²) in [5.41, 5.74) is -0.568. The Morgan fingerprint density at radius 3 is 2.86 bits per heavy atom. The fourth-order valence-corrected chi connectivity index (χ4v) is 5.18. The molecule has 22 heavy (non-hydrogen) atoms. The lowest BCUT2D eigenvalue weighted by molar-refractivity contribution is -0.0642. The van der Waals surface area contributed by atoms with Crippen LogP contribution < -0.4 is 0 Å². The summed E-state index contributed by atoms with van der Waals surface area (Å²) in [7, 11) is -3.25. The molecule has 1 heterocycles. The molecule has 0 bridgehead atoms. The van der Waals surface area contributed by atoms with Crippen LogP contribution in [0.2, 0.25) is 0 Å². The number of hydrogen-bond donors (Lipinski definition) is 1. The van der Waals surface area contributed by atoms with Crippen molar-refractivity contribution < 1.29 is 17.9 Å². The lowest BCUT2D eigenvalue weighted by Crippen LogP contribution is -2.43. The van der Waals surface area contributed by atoms with Crippen molar-refractivity contribution in [2.75, 3.05) is 18.8 Å². The highest BCUT2D eigenvalue weighted by Crippen LogP contribution is 2.48. The smallest absolute Gasteiger partial charge is 0.213 e. The average molecular weight is 327 g/mol. The summed E-state index contributed by atoms with van der Waals surface area (Å²) < 4.78 is 39.3. The van der Waals surface area contributed by atoms with Crippen molar-refractivity contribution >= 4 is 10.0 Å². The first-order valence-electron chi connectivity index (χ1n) is 7.83. The van der Waals surface area contributed by atoms with Gasteiger partial charge in [-0.3, -0.25) is 0 Å². The Morgan fingerprint density at radius 1 is 1.41 bits per heavy atom. The van der Waals surface area contributed by atoms with Crippen LogP contribution in [-0.2, 0) is 15.6 Å². The van der Waals surface area contributed by atoms with Gasteiger partial charge in [0.25, 0.3) is 0 Å². The van der Waals surface area contributed by atoms with Crippen molar-refractivity contribution in [2.45, 2.75) is 31.8 Å². The summed E-state index contributed by atoms with van der Waals surface area (Å²) in [6, 6.07) is 6.07. The minimum atomic E-state index is -3.25. The van der Waals surface area contributed by atoms with Gasteiger partial charge < -0.3 is 5.11 Å². The van der Waals surface area contributed by atoms with Crippen LogP contribution in [-0.4, -0.2) is 36.7 Å². The van der Waals surface area contributed by atoms with E-state index in [1.165, 1.54) is 16.4 Å². The van der Waals surface area contributed by atoms with Crippen molar-refractivity contribution in [2.24, 2.45) is 11.8 Å². The van der Waals surface area contributed by atoms with Crippen LogP contribution in [0.15, 0.2) is 24.3 Å². The molecule has 0 amide bonds. The van der Waals surface area contributed by atoms with Gasteiger partial charge in [0.2, 0.25) is 10.0 Å². The molecular weight excluding hydrogens is 305 g/mol. The van der Waals surface area contributed by atoms with Gasteiger partial charge in [0, 0.05) is 19.0 Å². The number of hydrogen-bond acceptors (Lipinski definition) is 3. The molecule has 1 saturated heterocycles. The quantitative estimate of drug-likeness (QED) is 0.925. The number of sulfonamides is 1. The first kappa shape index (κ1) is 15.9. The number of halogens is 1. The Morgan fingerprint density at radius 2 is 2.18 bits per heavy atom. The standard InChI is InChI=1S/C16H22FNO3S/c1-2-22(20,21)18-10-12-5-4-8-16(19,15(12)11-18)13-6-3-7-14(17)9-13/h3,6-7,9,12,15,19H,2,4-5,8,10-11H2,1H3/t12-,15+,16-/m0/s1. The molecule has 0 spiro atoms. The Kier molecular flexibility index (Phi) is 4.03. The van der Waals surface area contributed by atoms with Gasteiger partial charge >= 0.3 is 0 Å². The van der Waals surface area contributed by atoms with Crippen LogP contribution in [0.3, 0.4) is 0 Å². The third-order valence-electron chi connectivity index (χ3n) is 5.24. The van der Waals surface area contributed by atoms with E-state index in [1.807, 2.05) is 0 Å². The summed E-state index contributed by atoms with van der Waals surface area (Å²) >= 11 is 0. The molecule has 1 aromatic rings. The van der Waals surface area contributed by atoms with Gasteiger partial charge in [-0.1, -0.05) is 12.1 Å². The van der Waals surface area contributed by atoms with Gasteiger partial charge in [-0.05, 0) is 49.8 Å². The van der Waals surface area contributed by atoms with Crippen LogP contribution in [0.4, 0.5) is 4.39 Å². The molecule has 3 atom stereocenters. The number of benzene rings is 1. The zero-order chi connectivity index (χ0) is 16.0. The molecule has 122 valence electrons. The second kappa shape index (κ2) is 5.58. The summed E-state index contributed by atoms with van der Waals surface area (Å²) in [6.45, 7) is 2.43. The normalized spacial score (nSPS) is 32.9. The minimum absolute atomic E-state index is 0.0742. The van der Waals surface area contributed by atoms with Crippen LogP contribution >= 0.6 is 0 Å². The minimum Gasteiger partial charge on any atom is -0.385 e. The predicted molar refractivity (Wildman–Crippen MR) is 82.2 cm³/mol. The molecule has 1 saturated carbocycles. The van der Waals surface area contributed by atoms with Crippen molar-refractivity contribution in [1.29, 1.82) is 0 Å². The van der Waals surface area contributed by atoms with E-state index in [1.54, 1.807) is 19.1 Å². The maximum absolute atomic E-state index is 13.5. The summed E-state index contributed by atoms with van der Waals surface area (Å²) in [4.78, 5) is 0. The topological polar surface area (TPSA) is 57.6 Å². The van der Waals surface area contributed by atoms with E-state index in [4.69, 9.17) is 0 Å². The average Bonchev–Trinajstić information content (AvgIpc) is 2.94. The lowest BCUT2D eigenvalue weighted by atomic mass is 9.67. The van der Waals surface area contributed by atoms with Crippen LogP contribution in [0.5, 0.6) is 0 Å². The number of rotatable bonds is 3. The number of fused-ring (bicyclic) bond motifs is 1. The lowest BCUT2D eigenvalue weighted by Gasteiger charge is -2.41. The van der Waals surface area contributed by atoms with Crippen molar-refractivity contribution in [3.63, 3.8) is 0 Å². The SMILES string of the molecule is CCS(=O)(=O)N1C[C@@H]2CCC[C@](O)(c3cccc(F)c3)[C@@H]2C1. The molecule has 0 aromatic heterocycles. The van der Waals surface area contributed by atoms with E-state index in [9.17, 15) is 17.9 Å². The molecule has 4 nitrogen and oxygen atoms in total. The van der Waals surface area contributed by atoms with Gasteiger partial charge in [0.15, 0.2) is 0 Å². The van der Waals surface area contributed by atoms with E-state index in [2.05, 4.69) is 0 Å². The molecule has 1 aliphatic carbocycles. The third-order valence-corrected chi connectivity index (χ3v) is 7.05. The summed E-state index contributed by atoms with van der Waals surface area (Å²) in [5, 5.41) is 11.2. The summed E-state index contributed by atoms with van der Waals surface area (Å²) in [5.74, 6) is -0.318. The van der Waals surface area contributed by atoms with Crippen LogP contribution in [0.1, 0.15) is 31.7 Å². The maximum Gasteiger partial charge on any atom is 0.213 e. The summed E-state index contributed by atoms with van der Waals surface area (Å²) in [6.07, 6.45) is 2.30. The Balaban J connectivity index is 1.94. The van der Waals surface area contributed by atoms with Crippen molar-refractivity contribution in [3.8, 4) is 0 Å². The molecule has 1 N–H and O–H groups in total. The van der Waals surface area contributed by atoms with E-state index in [0.29, 0.717) is 25.1 Å². The molecule has 6 heteroatoms. The van der Waals surface area contributed by atoms with Crippen LogP contribution in [0, 0.1) is 17.7 Å². The van der Waals surface area contributed by atoms with Crippen molar-refractivity contribution in [3.05, 3.63) is 35.6 Å². The molecule has 2 fully saturated rings. The van der Waals surface area contributed by atoms with Gasteiger partial charge in [-0.15, -0.1) is 0 Å². The highest BCUT2D eigenvalue weighted by atomic mass is 32.2. The highest BCUT2D eigenvalue weighted by molar-refractivity contribution is 7.89. The molecule has 1 aromatic carbocycles. The van der Waals surface area contributed by atoms with Crippen LogP contribution in [0.25, 0.3) is 0 Å². The molecule has 0 unspecified atom stereocenters. The number of nitrogens with zero attached hydrogens (tertiary/aromatic N) is 1. The van der Waals surface area contributed by atoms with E-state index < -0.39 is 15.6 Å². The van der Waals surface area contributed by atoms with E-state index >= 15 is 0 Å². The Labute approximate surface area is 131 Å². The first-order valence-corrected chi connectivity index (χ1v) is 9.44. The second-order valence-corrected chi connectivity index (χ2v) is 8.67. The largest absolute Gasteiger partial charge is 0.385 e. The van der Waals surface area contributed by atoms with E-state index in [0.717, 1.165) is 12.8 Å². The molecule has 1 aliphatic heterocycles. The molecule has 3 rings (SSSR count). The third kappa shape index (κ3) is 2.57. The fraction of sp³-hybridized carbons (Fsp3) is 0.625. The number of aliphatic hydroxyl groups is 1. The first-order chi connectivity index (χ1) is 10.4. The van der Waals surface area contributed by atoms with Gasteiger partial charge in [0.1, 0.15) is 5.82 Å². The zero-order valence-corrected chi connectivity index (χ0v) is 13.5. The monoisotopic (exact) mass is 327 g/mol. The highest BCUT2D eigenvalue weighted by Gasteiger charge is 2.51. The fourth-order valence-electron chi connectivity index (χ4n) is 4.01. The Hall–Kier alpha value is -0.980. The van der Waals surface area contributed by atoms with Gasteiger partial charge in [-0.2, -0.15) is 0 Å². The Bertz CT molecular complexity index is 663. The predicted octanol–water partition coefficient (Wildman–Crippen LogP) is 2.09. The van der Waals surface area contributed by atoms with Crippen molar-refractivity contribution in [1.82, 2.24) is 4.31 Å². The molecule has 0 radical (unpaired) electrons.